The van der Waals surface area contributed by atoms with Gasteiger partial charge in [-0.15, -0.1) is 0 Å². The Hall–Kier alpha value is -1.86. The van der Waals surface area contributed by atoms with Crippen LogP contribution in [0.2, 0.25) is 0 Å². The summed E-state index contributed by atoms with van der Waals surface area (Å²) in [5.74, 6) is 0. The lowest BCUT2D eigenvalue weighted by atomic mass is 10.2. The summed E-state index contributed by atoms with van der Waals surface area (Å²) in [7, 11) is 1.61. The number of aromatic nitrogens is 4. The largest absolute Gasteiger partial charge is 0.383 e. The van der Waals surface area contributed by atoms with Crippen molar-refractivity contribution in [3.8, 4) is 11.3 Å². The van der Waals surface area contributed by atoms with Gasteiger partial charge in [-0.25, -0.2) is 9.97 Å². The van der Waals surface area contributed by atoms with Crippen molar-refractivity contribution in [3.63, 3.8) is 0 Å². The SMILES string of the molecule is COCCn1c(-c2cncnc2)cc(=O)[nH]c1=S. The number of rotatable bonds is 4. The molecular formula is C11H12N4O2S. The van der Waals surface area contributed by atoms with Crippen molar-refractivity contribution in [2.24, 2.45) is 0 Å². The van der Waals surface area contributed by atoms with E-state index in [9.17, 15) is 4.79 Å². The Morgan fingerprint density at radius 2 is 2.17 bits per heavy atom. The first kappa shape index (κ1) is 12.6. The number of ether oxygens (including phenoxy) is 1. The molecule has 0 atom stereocenters. The van der Waals surface area contributed by atoms with Gasteiger partial charge in [-0.05, 0) is 12.2 Å². The maximum absolute atomic E-state index is 11.5. The Labute approximate surface area is 108 Å². The zero-order chi connectivity index (χ0) is 13.0. The number of nitrogens with one attached hydrogen (secondary N) is 1. The molecule has 0 bridgehead atoms. The highest BCUT2D eigenvalue weighted by Crippen LogP contribution is 2.15. The smallest absolute Gasteiger partial charge is 0.252 e. The standard InChI is InChI=1S/C11H12N4O2S/c1-17-3-2-15-9(4-10(16)14-11(15)18)8-5-12-7-13-6-8/h4-7H,2-3H2,1H3,(H,14,16,18). The van der Waals surface area contributed by atoms with Crippen LogP contribution in [0, 0.1) is 4.77 Å². The van der Waals surface area contributed by atoms with Gasteiger partial charge in [0.1, 0.15) is 6.33 Å². The predicted octanol–water partition coefficient (Wildman–Crippen LogP) is 1.01. The van der Waals surface area contributed by atoms with E-state index in [1.807, 2.05) is 0 Å². The molecule has 2 heterocycles. The molecule has 6 nitrogen and oxygen atoms in total. The lowest BCUT2D eigenvalue weighted by molar-refractivity contribution is 0.186. The Morgan fingerprint density at radius 1 is 1.44 bits per heavy atom. The monoisotopic (exact) mass is 264 g/mol. The molecule has 0 fully saturated rings. The van der Waals surface area contributed by atoms with E-state index in [1.165, 1.54) is 12.4 Å². The molecule has 2 aromatic heterocycles. The number of methoxy groups -OCH3 is 1. The lowest BCUT2D eigenvalue weighted by Crippen LogP contribution is -2.17. The van der Waals surface area contributed by atoms with Crippen LogP contribution in [0.5, 0.6) is 0 Å². The maximum Gasteiger partial charge on any atom is 0.252 e. The van der Waals surface area contributed by atoms with Crippen LogP contribution in [0.25, 0.3) is 11.3 Å². The van der Waals surface area contributed by atoms with Crippen molar-refractivity contribution in [1.82, 2.24) is 19.5 Å². The van der Waals surface area contributed by atoms with Crippen molar-refractivity contribution in [2.75, 3.05) is 13.7 Å². The van der Waals surface area contributed by atoms with Crippen molar-refractivity contribution >= 4 is 12.2 Å². The normalized spacial score (nSPS) is 10.5. The van der Waals surface area contributed by atoms with Gasteiger partial charge in [0, 0.05) is 37.7 Å². The predicted molar refractivity (Wildman–Crippen MR) is 68.8 cm³/mol. The molecule has 0 aliphatic rings. The third-order valence-corrected chi connectivity index (χ3v) is 2.73. The average Bonchev–Trinajstić information content (AvgIpc) is 2.38. The summed E-state index contributed by atoms with van der Waals surface area (Å²) in [5.41, 5.74) is 1.18. The van der Waals surface area contributed by atoms with E-state index < -0.39 is 0 Å². The fraction of sp³-hybridized carbons (Fsp3) is 0.273. The van der Waals surface area contributed by atoms with E-state index >= 15 is 0 Å². The molecule has 18 heavy (non-hydrogen) atoms. The molecule has 0 spiro atoms. The molecule has 0 saturated carbocycles. The van der Waals surface area contributed by atoms with Crippen molar-refractivity contribution in [2.45, 2.75) is 6.54 Å². The summed E-state index contributed by atoms with van der Waals surface area (Å²) < 4.78 is 7.18. The van der Waals surface area contributed by atoms with Gasteiger partial charge in [0.25, 0.3) is 5.56 Å². The number of nitrogens with zero attached hydrogens (tertiary/aromatic N) is 3. The second kappa shape index (κ2) is 5.65. The van der Waals surface area contributed by atoms with E-state index in [0.717, 1.165) is 5.56 Å². The molecule has 0 unspecified atom stereocenters. The molecule has 2 rings (SSSR count). The number of hydrogen-bond donors (Lipinski definition) is 1. The van der Waals surface area contributed by atoms with Crippen LogP contribution in [0.15, 0.2) is 29.6 Å². The molecule has 0 radical (unpaired) electrons. The number of aromatic amines is 1. The highest BCUT2D eigenvalue weighted by molar-refractivity contribution is 7.71. The first-order chi connectivity index (χ1) is 8.72. The molecule has 0 amide bonds. The van der Waals surface area contributed by atoms with E-state index in [4.69, 9.17) is 17.0 Å². The third-order valence-electron chi connectivity index (χ3n) is 2.41. The van der Waals surface area contributed by atoms with Gasteiger partial charge in [-0.3, -0.25) is 9.78 Å². The van der Waals surface area contributed by atoms with Crippen LogP contribution in [0.3, 0.4) is 0 Å². The second-order valence-electron chi connectivity index (χ2n) is 3.60. The molecule has 94 valence electrons. The fourth-order valence-corrected chi connectivity index (χ4v) is 1.89. The fourth-order valence-electron chi connectivity index (χ4n) is 1.60. The minimum absolute atomic E-state index is 0.243. The van der Waals surface area contributed by atoms with E-state index in [-0.39, 0.29) is 5.56 Å². The first-order valence-corrected chi connectivity index (χ1v) is 5.71. The highest BCUT2D eigenvalue weighted by atomic mass is 32.1. The van der Waals surface area contributed by atoms with Gasteiger partial charge in [0.05, 0.1) is 12.3 Å². The average molecular weight is 264 g/mol. The molecule has 0 saturated heterocycles. The number of hydrogen-bond acceptors (Lipinski definition) is 5. The van der Waals surface area contributed by atoms with Crippen LogP contribution in [0.4, 0.5) is 0 Å². The molecule has 2 aromatic rings. The summed E-state index contributed by atoms with van der Waals surface area (Å²) in [4.78, 5) is 22.0. The van der Waals surface area contributed by atoms with Crippen LogP contribution >= 0.6 is 12.2 Å². The van der Waals surface area contributed by atoms with Crippen LogP contribution < -0.4 is 5.56 Å². The van der Waals surface area contributed by atoms with Crippen LogP contribution in [0.1, 0.15) is 0 Å². The maximum atomic E-state index is 11.5. The van der Waals surface area contributed by atoms with Gasteiger partial charge in [0.15, 0.2) is 4.77 Å². The minimum Gasteiger partial charge on any atom is -0.383 e. The van der Waals surface area contributed by atoms with E-state index in [2.05, 4.69) is 15.0 Å². The van der Waals surface area contributed by atoms with Crippen LogP contribution in [-0.4, -0.2) is 33.2 Å². The molecule has 1 N–H and O–H groups in total. The summed E-state index contributed by atoms with van der Waals surface area (Å²) in [6.07, 6.45) is 4.71. The number of H-pyrrole nitrogens is 1. The summed E-state index contributed by atoms with van der Waals surface area (Å²) >= 11 is 5.15. The van der Waals surface area contributed by atoms with Gasteiger partial charge in [0.2, 0.25) is 0 Å². The summed E-state index contributed by atoms with van der Waals surface area (Å²) in [5, 5.41) is 0. The van der Waals surface area contributed by atoms with Crippen molar-refractivity contribution in [3.05, 3.63) is 39.9 Å². The van der Waals surface area contributed by atoms with Crippen LogP contribution in [-0.2, 0) is 11.3 Å². The van der Waals surface area contributed by atoms with Gasteiger partial charge >= 0.3 is 0 Å². The highest BCUT2D eigenvalue weighted by Gasteiger charge is 2.06. The molecule has 0 aliphatic heterocycles. The Kier molecular flexibility index (Phi) is 3.96. The Balaban J connectivity index is 2.58. The summed E-state index contributed by atoms with van der Waals surface area (Å²) in [6.45, 7) is 1.05. The van der Waals surface area contributed by atoms with Gasteiger partial charge in [-0.2, -0.15) is 0 Å². The molecule has 0 aliphatic carbocycles. The van der Waals surface area contributed by atoms with E-state index in [1.54, 1.807) is 24.1 Å². The Morgan fingerprint density at radius 3 is 2.83 bits per heavy atom. The summed E-state index contributed by atoms with van der Waals surface area (Å²) in [6, 6.07) is 1.48. The molecular weight excluding hydrogens is 252 g/mol. The lowest BCUT2D eigenvalue weighted by Gasteiger charge is -2.12. The van der Waals surface area contributed by atoms with Crippen molar-refractivity contribution in [1.29, 1.82) is 0 Å². The van der Waals surface area contributed by atoms with Crippen molar-refractivity contribution < 1.29 is 4.74 Å². The topological polar surface area (TPSA) is 72.8 Å². The second-order valence-corrected chi connectivity index (χ2v) is 3.98. The van der Waals surface area contributed by atoms with Gasteiger partial charge < -0.3 is 9.30 Å². The zero-order valence-corrected chi connectivity index (χ0v) is 10.6. The third kappa shape index (κ3) is 2.69. The van der Waals surface area contributed by atoms with Gasteiger partial charge in [-0.1, -0.05) is 0 Å². The minimum atomic E-state index is -0.243. The Bertz CT molecular complexity index is 635. The zero-order valence-electron chi connectivity index (χ0n) is 9.79. The molecule has 0 aromatic carbocycles. The quantitative estimate of drug-likeness (QED) is 0.834. The first-order valence-electron chi connectivity index (χ1n) is 5.31. The molecule has 7 heteroatoms. The van der Waals surface area contributed by atoms with E-state index in [0.29, 0.717) is 23.6 Å².